The molecule has 1 fully saturated rings. The van der Waals surface area contributed by atoms with E-state index in [1.54, 1.807) is 6.92 Å². The fourth-order valence-electron chi connectivity index (χ4n) is 1.95. The first kappa shape index (κ1) is 12.3. The van der Waals surface area contributed by atoms with Crippen LogP contribution in [-0.2, 0) is 14.3 Å². The molecule has 1 aliphatic rings. The van der Waals surface area contributed by atoms with Gasteiger partial charge in [0.15, 0.2) is 6.29 Å². The summed E-state index contributed by atoms with van der Waals surface area (Å²) >= 11 is 0. The third-order valence-electron chi connectivity index (χ3n) is 2.92. The lowest BCUT2D eigenvalue weighted by molar-refractivity contribution is -0.218. The van der Waals surface area contributed by atoms with Crippen molar-refractivity contribution in [2.45, 2.75) is 38.6 Å². The number of rotatable bonds is 4. The average Bonchev–Trinajstić information content (AvgIpc) is 2.38. The molecule has 0 bridgehead atoms. The van der Waals surface area contributed by atoms with Gasteiger partial charge in [0.05, 0.1) is 12.7 Å². The van der Waals surface area contributed by atoms with E-state index >= 15 is 0 Å². The minimum atomic E-state index is -0.276. The third-order valence-corrected chi connectivity index (χ3v) is 2.92. The van der Waals surface area contributed by atoms with Crippen LogP contribution in [-0.4, -0.2) is 18.5 Å². The highest BCUT2D eigenvalue weighted by Crippen LogP contribution is 2.27. The van der Waals surface area contributed by atoms with Gasteiger partial charge < -0.3 is 14.3 Å². The van der Waals surface area contributed by atoms with E-state index in [1.807, 2.05) is 30.3 Å². The van der Waals surface area contributed by atoms with Gasteiger partial charge in [0.1, 0.15) is 5.78 Å². The van der Waals surface area contributed by atoms with Crippen molar-refractivity contribution in [1.82, 2.24) is 0 Å². The molecule has 0 radical (unpaired) electrons. The number of carbonyl (C=O) groups is 1. The number of hydrogen-bond donors (Lipinski definition) is 0. The van der Waals surface area contributed by atoms with Crippen LogP contribution in [0.5, 0.6) is 0 Å². The van der Waals surface area contributed by atoms with E-state index in [9.17, 15) is 4.79 Å². The predicted octanol–water partition coefficient (Wildman–Crippen LogP) is 2.86. The Hall–Kier alpha value is -1.19. The van der Waals surface area contributed by atoms with Gasteiger partial charge in [-0.15, -0.1) is 0 Å². The lowest BCUT2D eigenvalue weighted by Gasteiger charge is -2.30. The zero-order valence-corrected chi connectivity index (χ0v) is 10.1. The molecule has 1 aromatic rings. The van der Waals surface area contributed by atoms with Crippen molar-refractivity contribution in [1.29, 1.82) is 0 Å². The van der Waals surface area contributed by atoms with Gasteiger partial charge in [-0.05, 0) is 19.8 Å². The van der Waals surface area contributed by atoms with Gasteiger partial charge in [-0.25, -0.2) is 0 Å². The Bertz CT molecular complexity index is 361. The van der Waals surface area contributed by atoms with Crippen LogP contribution in [0.3, 0.4) is 0 Å². The van der Waals surface area contributed by atoms with Crippen LogP contribution in [0, 0.1) is 0 Å². The smallest absolute Gasteiger partial charge is 0.184 e. The lowest BCUT2D eigenvalue weighted by atomic mass is 10.1. The number of Topliss-reactive ketones (excluding diaryl/α,β-unsaturated/α-hetero) is 1. The first-order valence-electron chi connectivity index (χ1n) is 6.07. The summed E-state index contributed by atoms with van der Waals surface area (Å²) in [5.41, 5.74) is 1.04. The molecule has 1 unspecified atom stereocenters. The molecule has 1 heterocycles. The number of carbonyl (C=O) groups excluding carboxylic acids is 1. The molecule has 2 rings (SSSR count). The first-order valence-corrected chi connectivity index (χ1v) is 6.07. The highest BCUT2D eigenvalue weighted by atomic mass is 16.7. The quantitative estimate of drug-likeness (QED) is 0.803. The highest BCUT2D eigenvalue weighted by molar-refractivity contribution is 5.75. The number of ketones is 1. The maximum absolute atomic E-state index is 11.0. The number of ether oxygens (including phenoxy) is 2. The molecule has 0 amide bonds. The van der Waals surface area contributed by atoms with Crippen LogP contribution in [0.25, 0.3) is 0 Å². The molecular formula is C14H18O3. The van der Waals surface area contributed by atoms with Crippen molar-refractivity contribution in [2.24, 2.45) is 0 Å². The molecule has 17 heavy (non-hydrogen) atoms. The molecule has 1 saturated heterocycles. The van der Waals surface area contributed by atoms with Gasteiger partial charge in [0, 0.05) is 12.0 Å². The van der Waals surface area contributed by atoms with E-state index in [-0.39, 0.29) is 18.2 Å². The summed E-state index contributed by atoms with van der Waals surface area (Å²) in [6.45, 7) is 2.32. The van der Waals surface area contributed by atoms with E-state index < -0.39 is 0 Å². The summed E-state index contributed by atoms with van der Waals surface area (Å²) in [5, 5.41) is 0. The van der Waals surface area contributed by atoms with E-state index in [0.717, 1.165) is 18.4 Å². The van der Waals surface area contributed by atoms with Crippen molar-refractivity contribution in [3.63, 3.8) is 0 Å². The zero-order chi connectivity index (χ0) is 12.1. The second-order valence-electron chi connectivity index (χ2n) is 4.40. The molecule has 3 nitrogen and oxygen atoms in total. The molecule has 1 aliphatic heterocycles. The topological polar surface area (TPSA) is 35.5 Å². The molecule has 3 heteroatoms. The third kappa shape index (κ3) is 3.65. The molecule has 2 atom stereocenters. The Morgan fingerprint density at radius 1 is 1.35 bits per heavy atom. The van der Waals surface area contributed by atoms with Crippen molar-refractivity contribution >= 4 is 5.78 Å². The van der Waals surface area contributed by atoms with Crippen molar-refractivity contribution in [2.75, 3.05) is 6.61 Å². The highest BCUT2D eigenvalue weighted by Gasteiger charge is 2.24. The molecule has 0 saturated carbocycles. The molecule has 1 aromatic carbocycles. The van der Waals surface area contributed by atoms with Gasteiger partial charge in [-0.1, -0.05) is 30.3 Å². The SMILES string of the molecule is CC(=O)CC[C@H]1CCOC(c2ccccc2)O1. The molecular weight excluding hydrogens is 216 g/mol. The second-order valence-corrected chi connectivity index (χ2v) is 4.40. The summed E-state index contributed by atoms with van der Waals surface area (Å²) in [7, 11) is 0. The standard InChI is InChI=1S/C14H18O3/c1-11(15)7-8-13-9-10-16-14(17-13)12-5-3-2-4-6-12/h2-6,13-14H,7-10H2,1H3/t13-,14?/m0/s1. The van der Waals surface area contributed by atoms with Crippen LogP contribution in [0.2, 0.25) is 0 Å². The fourth-order valence-corrected chi connectivity index (χ4v) is 1.95. The first-order chi connectivity index (χ1) is 8.25. The predicted molar refractivity (Wildman–Crippen MR) is 64.5 cm³/mol. The van der Waals surface area contributed by atoms with Crippen molar-refractivity contribution in [3.05, 3.63) is 35.9 Å². The average molecular weight is 234 g/mol. The summed E-state index contributed by atoms with van der Waals surface area (Å²) in [5.74, 6) is 0.219. The largest absolute Gasteiger partial charge is 0.348 e. The van der Waals surface area contributed by atoms with Gasteiger partial charge in [-0.3, -0.25) is 0 Å². The van der Waals surface area contributed by atoms with Gasteiger partial charge >= 0.3 is 0 Å². The van der Waals surface area contributed by atoms with Crippen LogP contribution in [0.4, 0.5) is 0 Å². The Kier molecular flexibility index (Phi) is 4.29. The minimum absolute atomic E-state index is 0.137. The number of benzene rings is 1. The van der Waals surface area contributed by atoms with E-state index in [1.165, 1.54) is 0 Å². The summed E-state index contributed by atoms with van der Waals surface area (Å²) < 4.78 is 11.4. The van der Waals surface area contributed by atoms with Crippen LogP contribution >= 0.6 is 0 Å². The Labute approximate surface area is 102 Å². The second kappa shape index (κ2) is 5.94. The Morgan fingerprint density at radius 2 is 2.12 bits per heavy atom. The van der Waals surface area contributed by atoms with Crippen molar-refractivity contribution in [3.8, 4) is 0 Å². The van der Waals surface area contributed by atoms with Crippen molar-refractivity contribution < 1.29 is 14.3 Å². The molecule has 0 aliphatic carbocycles. The lowest BCUT2D eigenvalue weighted by Crippen LogP contribution is -2.27. The van der Waals surface area contributed by atoms with Crippen LogP contribution in [0.1, 0.15) is 38.0 Å². The summed E-state index contributed by atoms with van der Waals surface area (Å²) in [4.78, 5) is 11.0. The Morgan fingerprint density at radius 3 is 2.82 bits per heavy atom. The van der Waals surface area contributed by atoms with Gasteiger partial charge in [-0.2, -0.15) is 0 Å². The molecule has 92 valence electrons. The summed E-state index contributed by atoms with van der Waals surface area (Å²) in [6.07, 6.45) is 2.12. The number of hydrogen-bond acceptors (Lipinski definition) is 3. The monoisotopic (exact) mass is 234 g/mol. The maximum Gasteiger partial charge on any atom is 0.184 e. The van der Waals surface area contributed by atoms with Crippen LogP contribution in [0.15, 0.2) is 30.3 Å². The van der Waals surface area contributed by atoms with E-state index in [4.69, 9.17) is 9.47 Å². The zero-order valence-electron chi connectivity index (χ0n) is 10.1. The van der Waals surface area contributed by atoms with Gasteiger partial charge in [0.2, 0.25) is 0 Å². The molecule has 0 N–H and O–H groups in total. The normalized spacial score (nSPS) is 24.5. The molecule has 0 spiro atoms. The van der Waals surface area contributed by atoms with Crippen LogP contribution < -0.4 is 0 Å². The van der Waals surface area contributed by atoms with E-state index in [0.29, 0.717) is 13.0 Å². The maximum atomic E-state index is 11.0. The molecule has 0 aromatic heterocycles. The Balaban J connectivity index is 1.91. The van der Waals surface area contributed by atoms with E-state index in [2.05, 4.69) is 0 Å². The summed E-state index contributed by atoms with van der Waals surface area (Å²) in [6, 6.07) is 9.91. The fraction of sp³-hybridized carbons (Fsp3) is 0.500. The minimum Gasteiger partial charge on any atom is -0.348 e. The van der Waals surface area contributed by atoms with Gasteiger partial charge in [0.25, 0.3) is 0 Å².